The van der Waals surface area contributed by atoms with Gasteiger partial charge in [-0.2, -0.15) is 0 Å². The minimum atomic E-state index is -0.111. The van der Waals surface area contributed by atoms with E-state index in [1.54, 1.807) is 0 Å². The van der Waals surface area contributed by atoms with E-state index in [0.29, 0.717) is 24.1 Å². The van der Waals surface area contributed by atoms with Crippen LogP contribution in [0.4, 0.5) is 0 Å². The zero-order valence-electron chi connectivity index (χ0n) is 14.0. The van der Waals surface area contributed by atoms with Crippen LogP contribution in [0.25, 0.3) is 0 Å². The topological polar surface area (TPSA) is 41.6 Å². The fourth-order valence-corrected chi connectivity index (χ4v) is 3.97. The first kappa shape index (κ1) is 16.2. The van der Waals surface area contributed by atoms with Crippen LogP contribution in [-0.4, -0.2) is 43.1 Å². The summed E-state index contributed by atoms with van der Waals surface area (Å²) in [7, 11) is 0. The Bertz CT molecular complexity index is 609. The first-order valence-corrected chi connectivity index (χ1v) is 9.49. The molecule has 1 atom stereocenters. The summed E-state index contributed by atoms with van der Waals surface area (Å²) in [6.45, 7) is 3.94. The van der Waals surface area contributed by atoms with E-state index in [4.69, 9.17) is 16.3 Å². The maximum Gasteiger partial charge on any atom is 0.227 e. The van der Waals surface area contributed by atoms with Gasteiger partial charge in [0.25, 0.3) is 0 Å². The second-order valence-corrected chi connectivity index (χ2v) is 7.93. The Labute approximate surface area is 148 Å². The molecule has 1 aromatic carbocycles. The van der Waals surface area contributed by atoms with Crippen LogP contribution in [0.3, 0.4) is 0 Å². The van der Waals surface area contributed by atoms with Crippen molar-refractivity contribution < 1.29 is 9.53 Å². The lowest BCUT2D eigenvalue weighted by atomic mass is 9.95. The average molecular weight is 349 g/mol. The number of amides is 1. The molecule has 1 aliphatic carbocycles. The molecule has 1 saturated heterocycles. The van der Waals surface area contributed by atoms with Gasteiger partial charge in [-0.3, -0.25) is 4.79 Å². The van der Waals surface area contributed by atoms with Crippen LogP contribution in [-0.2, 0) is 11.2 Å². The van der Waals surface area contributed by atoms with Gasteiger partial charge in [0.2, 0.25) is 5.91 Å². The first-order valence-electron chi connectivity index (χ1n) is 9.11. The van der Waals surface area contributed by atoms with Crippen LogP contribution >= 0.6 is 11.6 Å². The van der Waals surface area contributed by atoms with Gasteiger partial charge in [-0.1, -0.05) is 11.6 Å². The average Bonchev–Trinajstić information content (AvgIpc) is 3.40. The predicted octanol–water partition coefficient (Wildman–Crippen LogP) is 2.88. The number of benzene rings is 1. The quantitative estimate of drug-likeness (QED) is 0.909. The smallest absolute Gasteiger partial charge is 0.227 e. The molecule has 2 fully saturated rings. The van der Waals surface area contributed by atoms with Crippen LogP contribution in [0.2, 0.25) is 5.02 Å². The number of likely N-dealkylation sites (tertiary alicyclic amines) is 1. The lowest BCUT2D eigenvalue weighted by molar-refractivity contribution is -0.127. The van der Waals surface area contributed by atoms with Crippen LogP contribution in [0, 0.1) is 11.8 Å². The van der Waals surface area contributed by atoms with Crippen LogP contribution in [0.5, 0.6) is 5.75 Å². The number of hydrogen-bond acceptors (Lipinski definition) is 3. The lowest BCUT2D eigenvalue weighted by Crippen LogP contribution is -2.48. The summed E-state index contributed by atoms with van der Waals surface area (Å²) in [5, 5.41) is 3.94. The predicted molar refractivity (Wildman–Crippen MR) is 94.5 cm³/mol. The number of nitrogens with zero attached hydrogens (tertiary/aromatic N) is 1. The van der Waals surface area contributed by atoms with Gasteiger partial charge in [0.05, 0.1) is 5.92 Å². The van der Waals surface area contributed by atoms with Gasteiger partial charge < -0.3 is 15.0 Å². The third-order valence-corrected chi connectivity index (χ3v) is 5.68. The maximum atomic E-state index is 12.6. The number of piperidine rings is 1. The molecule has 3 aliphatic rings. The van der Waals surface area contributed by atoms with Crippen molar-refractivity contribution >= 4 is 17.5 Å². The molecule has 0 aromatic heterocycles. The number of halogens is 1. The van der Waals surface area contributed by atoms with Crippen molar-refractivity contribution in [1.29, 1.82) is 0 Å². The van der Waals surface area contributed by atoms with E-state index >= 15 is 0 Å². The monoisotopic (exact) mass is 348 g/mol. The molecule has 1 N–H and O–H groups in total. The Hall–Kier alpha value is -1.26. The van der Waals surface area contributed by atoms with Crippen LogP contribution in [0.1, 0.15) is 31.2 Å². The molecule has 5 heteroatoms. The van der Waals surface area contributed by atoms with Gasteiger partial charge in [-0.05, 0) is 61.8 Å². The fourth-order valence-electron chi connectivity index (χ4n) is 3.78. The number of carbonyl (C=O) groups is 1. The number of rotatable bonds is 4. The zero-order chi connectivity index (χ0) is 16.5. The summed E-state index contributed by atoms with van der Waals surface area (Å²) < 4.78 is 5.74. The van der Waals surface area contributed by atoms with Crippen molar-refractivity contribution in [3.63, 3.8) is 0 Å². The molecule has 0 spiro atoms. The highest BCUT2D eigenvalue weighted by Crippen LogP contribution is 2.31. The van der Waals surface area contributed by atoms with Gasteiger partial charge in [-0.25, -0.2) is 0 Å². The minimum Gasteiger partial charge on any atom is -0.492 e. The van der Waals surface area contributed by atoms with Gasteiger partial charge in [-0.15, -0.1) is 0 Å². The highest BCUT2D eigenvalue weighted by molar-refractivity contribution is 6.30. The number of carbonyl (C=O) groups excluding carboxylic acids is 1. The molecule has 1 amide bonds. The van der Waals surface area contributed by atoms with Crippen molar-refractivity contribution in [3.8, 4) is 5.75 Å². The third-order valence-electron chi connectivity index (χ3n) is 5.45. The molecule has 1 aromatic rings. The Morgan fingerprint density at radius 2 is 2.04 bits per heavy atom. The molecule has 0 bridgehead atoms. The van der Waals surface area contributed by atoms with E-state index in [1.165, 1.54) is 19.4 Å². The number of nitrogens with one attached hydrogen (secondary N) is 1. The summed E-state index contributed by atoms with van der Waals surface area (Å²) in [5.74, 6) is 1.82. The van der Waals surface area contributed by atoms with Crippen LogP contribution < -0.4 is 10.1 Å². The van der Waals surface area contributed by atoms with Gasteiger partial charge >= 0.3 is 0 Å². The summed E-state index contributed by atoms with van der Waals surface area (Å²) in [6.07, 6.45) is 5.65. The van der Waals surface area contributed by atoms with Crippen LogP contribution in [0.15, 0.2) is 18.2 Å². The van der Waals surface area contributed by atoms with E-state index in [-0.39, 0.29) is 11.8 Å². The zero-order valence-corrected chi connectivity index (χ0v) is 14.7. The highest BCUT2D eigenvalue weighted by atomic mass is 35.5. The molecule has 0 radical (unpaired) electrons. The Morgan fingerprint density at radius 3 is 2.79 bits per heavy atom. The molecular weight excluding hydrogens is 324 g/mol. The van der Waals surface area contributed by atoms with Gasteiger partial charge in [0, 0.05) is 30.7 Å². The summed E-state index contributed by atoms with van der Waals surface area (Å²) >= 11 is 6.05. The number of fused-ring (bicyclic) bond motifs is 1. The number of hydrogen-bond donors (Lipinski definition) is 1. The minimum absolute atomic E-state index is 0.111. The summed E-state index contributed by atoms with van der Waals surface area (Å²) in [6, 6.07) is 5.94. The highest BCUT2D eigenvalue weighted by Gasteiger charge is 2.30. The molecule has 4 rings (SSSR count). The standard InChI is InChI=1S/C19H25ClN2O2/c20-16-3-4-18-14(10-16)9-15(12-24-18)19(23)21-17-5-7-22(8-6-17)11-13-1-2-13/h3-4,10,13,15,17H,1-2,5-9,11-12H2,(H,21,23). The normalized spacial score (nSPS) is 25.0. The third kappa shape index (κ3) is 3.86. The second-order valence-electron chi connectivity index (χ2n) is 7.49. The van der Waals surface area contributed by atoms with Crippen molar-refractivity contribution in [2.45, 2.75) is 38.1 Å². The molecular formula is C19H25ClN2O2. The number of ether oxygens (including phenoxy) is 1. The molecule has 2 heterocycles. The lowest BCUT2D eigenvalue weighted by Gasteiger charge is -2.33. The van der Waals surface area contributed by atoms with E-state index < -0.39 is 0 Å². The van der Waals surface area contributed by atoms with Gasteiger partial charge in [0.1, 0.15) is 12.4 Å². The summed E-state index contributed by atoms with van der Waals surface area (Å²) in [5.41, 5.74) is 1.04. The molecule has 1 unspecified atom stereocenters. The van der Waals surface area contributed by atoms with E-state index in [9.17, 15) is 4.79 Å². The van der Waals surface area contributed by atoms with Crippen molar-refractivity contribution in [2.24, 2.45) is 11.8 Å². The SMILES string of the molecule is O=C(NC1CCN(CC2CC2)CC1)C1COc2ccc(Cl)cc2C1. The van der Waals surface area contributed by atoms with Crippen molar-refractivity contribution in [3.05, 3.63) is 28.8 Å². The Morgan fingerprint density at radius 1 is 1.25 bits per heavy atom. The van der Waals surface area contributed by atoms with Crippen molar-refractivity contribution in [2.75, 3.05) is 26.2 Å². The molecule has 2 aliphatic heterocycles. The molecule has 1 saturated carbocycles. The Balaban J connectivity index is 1.27. The maximum absolute atomic E-state index is 12.6. The largest absolute Gasteiger partial charge is 0.492 e. The van der Waals surface area contributed by atoms with E-state index in [2.05, 4.69) is 10.2 Å². The first-order chi connectivity index (χ1) is 11.7. The Kier molecular flexibility index (Phi) is 4.68. The summed E-state index contributed by atoms with van der Waals surface area (Å²) in [4.78, 5) is 15.2. The fraction of sp³-hybridized carbons (Fsp3) is 0.632. The molecule has 130 valence electrons. The van der Waals surface area contributed by atoms with E-state index in [1.807, 2.05) is 18.2 Å². The molecule has 24 heavy (non-hydrogen) atoms. The second kappa shape index (κ2) is 6.93. The van der Waals surface area contributed by atoms with E-state index in [0.717, 1.165) is 43.2 Å². The molecule has 4 nitrogen and oxygen atoms in total. The van der Waals surface area contributed by atoms with Gasteiger partial charge in [0.15, 0.2) is 0 Å². The van der Waals surface area contributed by atoms with Crippen molar-refractivity contribution in [1.82, 2.24) is 10.2 Å².